The fourth-order valence-electron chi connectivity index (χ4n) is 1.77. The summed E-state index contributed by atoms with van der Waals surface area (Å²) in [5, 5.41) is 10.9. The van der Waals surface area contributed by atoms with Crippen molar-refractivity contribution in [2.45, 2.75) is 6.42 Å². The van der Waals surface area contributed by atoms with Gasteiger partial charge in [-0.2, -0.15) is 0 Å². The minimum Gasteiger partial charge on any atom is -0.496 e. The third kappa shape index (κ3) is 4.16. The van der Waals surface area contributed by atoms with Crippen molar-refractivity contribution >= 4 is 17.6 Å². The molecular formula is C13H15NO7. The number of methoxy groups -OCH3 is 3. The predicted molar refractivity (Wildman–Crippen MR) is 70.9 cm³/mol. The van der Waals surface area contributed by atoms with E-state index in [2.05, 4.69) is 9.47 Å². The van der Waals surface area contributed by atoms with Gasteiger partial charge in [0.1, 0.15) is 5.75 Å². The molecule has 0 aromatic heterocycles. The number of carbonyl (C=O) groups is 2. The van der Waals surface area contributed by atoms with Gasteiger partial charge in [-0.15, -0.1) is 0 Å². The number of nitrogens with zero attached hydrogens (tertiary/aromatic N) is 1. The summed E-state index contributed by atoms with van der Waals surface area (Å²) < 4.78 is 14.0. The molecule has 0 unspecified atom stereocenters. The Morgan fingerprint density at radius 3 is 2.14 bits per heavy atom. The summed E-state index contributed by atoms with van der Waals surface area (Å²) >= 11 is 0. The topological polar surface area (TPSA) is 105 Å². The summed E-state index contributed by atoms with van der Waals surface area (Å²) in [4.78, 5) is 33.5. The van der Waals surface area contributed by atoms with E-state index >= 15 is 0 Å². The zero-order chi connectivity index (χ0) is 16.0. The number of nitro benzene ring substituents is 1. The molecule has 0 bridgehead atoms. The highest BCUT2D eigenvalue weighted by Crippen LogP contribution is 2.25. The monoisotopic (exact) mass is 297 g/mol. The third-order valence-corrected chi connectivity index (χ3v) is 2.81. The maximum absolute atomic E-state index is 11.6. The van der Waals surface area contributed by atoms with Crippen LogP contribution in [0.2, 0.25) is 0 Å². The second-order valence-electron chi connectivity index (χ2n) is 4.10. The summed E-state index contributed by atoms with van der Waals surface area (Å²) in [6, 6.07) is 4.02. The van der Waals surface area contributed by atoms with E-state index in [9.17, 15) is 19.7 Å². The fourth-order valence-corrected chi connectivity index (χ4v) is 1.77. The first-order valence-corrected chi connectivity index (χ1v) is 5.91. The van der Waals surface area contributed by atoms with E-state index in [1.54, 1.807) is 0 Å². The first-order chi connectivity index (χ1) is 9.92. The van der Waals surface area contributed by atoms with E-state index in [1.807, 2.05) is 0 Å². The average molecular weight is 297 g/mol. The lowest BCUT2D eigenvalue weighted by Gasteiger charge is -2.13. The molecule has 0 saturated heterocycles. The molecule has 1 rings (SSSR count). The minimum absolute atomic E-state index is 0.0859. The van der Waals surface area contributed by atoms with Gasteiger partial charge in [0.15, 0.2) is 5.92 Å². The van der Waals surface area contributed by atoms with Crippen molar-refractivity contribution in [2.24, 2.45) is 5.92 Å². The lowest BCUT2D eigenvalue weighted by molar-refractivity contribution is -0.385. The highest BCUT2D eigenvalue weighted by molar-refractivity contribution is 5.95. The van der Waals surface area contributed by atoms with Crippen LogP contribution >= 0.6 is 0 Å². The molecule has 0 heterocycles. The molecule has 0 fully saturated rings. The van der Waals surface area contributed by atoms with Crippen molar-refractivity contribution in [1.29, 1.82) is 0 Å². The second-order valence-corrected chi connectivity index (χ2v) is 4.10. The maximum atomic E-state index is 11.6. The van der Waals surface area contributed by atoms with E-state index < -0.39 is 22.8 Å². The van der Waals surface area contributed by atoms with Crippen molar-refractivity contribution in [3.8, 4) is 5.75 Å². The average Bonchev–Trinajstić information content (AvgIpc) is 2.50. The van der Waals surface area contributed by atoms with Gasteiger partial charge in [0.2, 0.25) is 0 Å². The van der Waals surface area contributed by atoms with E-state index in [1.165, 1.54) is 25.3 Å². The van der Waals surface area contributed by atoms with Crippen LogP contribution in [0.5, 0.6) is 5.75 Å². The standard InChI is InChI=1S/C13H15NO7/c1-19-10-5-8(4-9(7-10)14(17)18)6-11(12(15)20-2)13(16)21-3/h4-5,7,11H,6H2,1-3H3. The van der Waals surface area contributed by atoms with Crippen molar-refractivity contribution in [3.63, 3.8) is 0 Å². The molecule has 1 aromatic carbocycles. The molecule has 0 aliphatic heterocycles. The van der Waals surface area contributed by atoms with Gasteiger partial charge >= 0.3 is 11.9 Å². The molecule has 1 aromatic rings. The molecule has 21 heavy (non-hydrogen) atoms. The third-order valence-electron chi connectivity index (χ3n) is 2.81. The number of hydrogen-bond donors (Lipinski definition) is 0. The largest absolute Gasteiger partial charge is 0.496 e. The Labute approximate surface area is 120 Å². The molecule has 8 heteroatoms. The van der Waals surface area contributed by atoms with Gasteiger partial charge in [-0.3, -0.25) is 19.7 Å². The summed E-state index contributed by atoms with van der Waals surface area (Å²) in [6.07, 6.45) is -0.0859. The van der Waals surface area contributed by atoms with Crippen LogP contribution in [-0.2, 0) is 25.5 Å². The number of carbonyl (C=O) groups excluding carboxylic acids is 2. The van der Waals surface area contributed by atoms with Crippen molar-refractivity contribution in [2.75, 3.05) is 21.3 Å². The highest BCUT2D eigenvalue weighted by atomic mass is 16.6. The Kier molecular flexibility index (Phi) is 5.65. The minimum atomic E-state index is -1.19. The number of nitro groups is 1. The van der Waals surface area contributed by atoms with E-state index in [4.69, 9.17) is 4.74 Å². The van der Waals surface area contributed by atoms with Crippen LogP contribution in [0.25, 0.3) is 0 Å². The van der Waals surface area contributed by atoms with Crippen LogP contribution in [0, 0.1) is 16.0 Å². The van der Waals surface area contributed by atoms with Crippen LogP contribution in [0.4, 0.5) is 5.69 Å². The van der Waals surface area contributed by atoms with Crippen LogP contribution in [0.3, 0.4) is 0 Å². The van der Waals surface area contributed by atoms with Crippen molar-refractivity contribution < 1.29 is 28.7 Å². The fraction of sp³-hybridized carbons (Fsp3) is 0.385. The van der Waals surface area contributed by atoms with Crippen LogP contribution < -0.4 is 4.74 Å². The lowest BCUT2D eigenvalue weighted by Crippen LogP contribution is -2.28. The van der Waals surface area contributed by atoms with Gasteiger partial charge < -0.3 is 14.2 Å². The second kappa shape index (κ2) is 7.22. The first-order valence-electron chi connectivity index (χ1n) is 5.91. The van der Waals surface area contributed by atoms with Gasteiger partial charge in [-0.05, 0) is 18.1 Å². The number of ether oxygens (including phenoxy) is 3. The Morgan fingerprint density at radius 2 is 1.71 bits per heavy atom. The molecule has 0 aliphatic carbocycles. The normalized spacial score (nSPS) is 10.1. The summed E-state index contributed by atoms with van der Waals surface area (Å²) in [7, 11) is 3.65. The summed E-state index contributed by atoms with van der Waals surface area (Å²) in [5.41, 5.74) is 0.194. The molecule has 0 amide bonds. The summed E-state index contributed by atoms with van der Waals surface area (Å²) in [5.74, 6) is -2.47. The summed E-state index contributed by atoms with van der Waals surface area (Å²) in [6.45, 7) is 0. The maximum Gasteiger partial charge on any atom is 0.320 e. The molecule has 0 radical (unpaired) electrons. The van der Waals surface area contributed by atoms with E-state index in [0.29, 0.717) is 5.56 Å². The van der Waals surface area contributed by atoms with Gasteiger partial charge in [0, 0.05) is 6.07 Å². The Balaban J connectivity index is 3.13. The molecule has 0 spiro atoms. The van der Waals surface area contributed by atoms with Gasteiger partial charge in [-0.1, -0.05) is 0 Å². The van der Waals surface area contributed by atoms with Crippen LogP contribution in [0.15, 0.2) is 18.2 Å². The molecule has 0 atom stereocenters. The van der Waals surface area contributed by atoms with E-state index in [-0.39, 0.29) is 17.9 Å². The number of benzene rings is 1. The number of hydrogen-bond acceptors (Lipinski definition) is 7. The zero-order valence-electron chi connectivity index (χ0n) is 11.8. The number of esters is 2. The van der Waals surface area contributed by atoms with Crippen LogP contribution in [0.1, 0.15) is 5.56 Å². The molecule has 0 saturated carbocycles. The molecule has 0 aliphatic rings. The predicted octanol–water partition coefficient (Wildman–Crippen LogP) is 1.11. The van der Waals surface area contributed by atoms with Gasteiger partial charge in [0.05, 0.1) is 32.3 Å². The van der Waals surface area contributed by atoms with Crippen molar-refractivity contribution in [1.82, 2.24) is 0 Å². The molecule has 8 nitrogen and oxygen atoms in total. The van der Waals surface area contributed by atoms with Gasteiger partial charge in [-0.25, -0.2) is 0 Å². The Bertz CT molecular complexity index is 539. The van der Waals surface area contributed by atoms with Gasteiger partial charge in [0.25, 0.3) is 5.69 Å². The molecular weight excluding hydrogens is 282 g/mol. The molecule has 0 N–H and O–H groups in total. The van der Waals surface area contributed by atoms with Crippen LogP contribution in [-0.4, -0.2) is 38.2 Å². The zero-order valence-corrected chi connectivity index (χ0v) is 11.8. The van der Waals surface area contributed by atoms with E-state index in [0.717, 1.165) is 14.2 Å². The quantitative estimate of drug-likeness (QED) is 0.335. The highest BCUT2D eigenvalue weighted by Gasteiger charge is 2.29. The lowest BCUT2D eigenvalue weighted by atomic mass is 9.99. The Hall–Kier alpha value is -2.64. The number of rotatable bonds is 6. The Morgan fingerprint density at radius 1 is 1.14 bits per heavy atom. The first kappa shape index (κ1) is 16.4. The van der Waals surface area contributed by atoms with Crippen molar-refractivity contribution in [3.05, 3.63) is 33.9 Å². The SMILES string of the molecule is COC(=O)C(Cc1cc(OC)cc([N+](=O)[O-])c1)C(=O)OC. The molecule has 114 valence electrons. The number of non-ortho nitro benzene ring substituents is 1. The smallest absolute Gasteiger partial charge is 0.320 e.